The standard InChI is InChI=1S/C21H32N2O2/c1-17(19-9-5-6-10-19)21(24)22-16-20(23-11-13-25-14-12-23)15-18-7-3-2-4-8-18/h2-4,7-8,17,19-20H,5-6,9-16H2,1H3,(H,22,24). The van der Waals surface area contributed by atoms with Gasteiger partial charge < -0.3 is 10.1 Å². The van der Waals surface area contributed by atoms with Gasteiger partial charge in [0.25, 0.3) is 0 Å². The van der Waals surface area contributed by atoms with E-state index in [1.54, 1.807) is 0 Å². The average molecular weight is 344 g/mol. The molecule has 2 aliphatic rings. The summed E-state index contributed by atoms with van der Waals surface area (Å²) in [6.45, 7) is 6.31. The Morgan fingerprint density at radius 3 is 2.56 bits per heavy atom. The van der Waals surface area contributed by atoms with Gasteiger partial charge in [0.15, 0.2) is 0 Å². The highest BCUT2D eigenvalue weighted by atomic mass is 16.5. The van der Waals surface area contributed by atoms with Crippen molar-refractivity contribution in [2.45, 2.75) is 45.1 Å². The summed E-state index contributed by atoms with van der Waals surface area (Å²) in [6, 6.07) is 10.9. The molecule has 1 aromatic carbocycles. The van der Waals surface area contributed by atoms with Crippen LogP contribution in [0.2, 0.25) is 0 Å². The molecule has 25 heavy (non-hydrogen) atoms. The summed E-state index contributed by atoms with van der Waals surface area (Å²) in [5, 5.41) is 3.26. The van der Waals surface area contributed by atoms with E-state index in [4.69, 9.17) is 4.74 Å². The molecule has 0 radical (unpaired) electrons. The minimum absolute atomic E-state index is 0.143. The van der Waals surface area contributed by atoms with Gasteiger partial charge in [-0.05, 0) is 30.7 Å². The maximum atomic E-state index is 12.6. The Morgan fingerprint density at radius 2 is 1.88 bits per heavy atom. The second-order valence-corrected chi connectivity index (χ2v) is 7.57. The molecule has 3 rings (SSSR count). The minimum Gasteiger partial charge on any atom is -0.379 e. The van der Waals surface area contributed by atoms with Crippen LogP contribution in [0.15, 0.2) is 30.3 Å². The molecule has 4 heteroatoms. The lowest BCUT2D eigenvalue weighted by molar-refractivity contribution is -0.126. The lowest BCUT2D eigenvalue weighted by Gasteiger charge is -2.35. The summed E-state index contributed by atoms with van der Waals surface area (Å²) in [5.41, 5.74) is 1.33. The number of ether oxygens (including phenoxy) is 1. The van der Waals surface area contributed by atoms with E-state index >= 15 is 0 Å². The molecule has 2 atom stereocenters. The first-order valence-electron chi connectivity index (χ1n) is 9.87. The molecule has 0 bridgehead atoms. The SMILES string of the molecule is CC(C(=O)NCC(Cc1ccccc1)N1CCOCC1)C1CCCC1. The summed E-state index contributed by atoms with van der Waals surface area (Å²) in [4.78, 5) is 15.1. The highest BCUT2D eigenvalue weighted by molar-refractivity contribution is 5.78. The fraction of sp³-hybridized carbons (Fsp3) is 0.667. The van der Waals surface area contributed by atoms with Crippen LogP contribution in [0.4, 0.5) is 0 Å². The van der Waals surface area contributed by atoms with Crippen LogP contribution in [0.3, 0.4) is 0 Å². The van der Waals surface area contributed by atoms with Gasteiger partial charge in [0.2, 0.25) is 5.91 Å². The zero-order valence-electron chi connectivity index (χ0n) is 15.5. The topological polar surface area (TPSA) is 41.6 Å². The van der Waals surface area contributed by atoms with Crippen molar-refractivity contribution < 1.29 is 9.53 Å². The number of morpholine rings is 1. The molecule has 1 aliphatic carbocycles. The fourth-order valence-electron chi connectivity index (χ4n) is 4.21. The van der Waals surface area contributed by atoms with Crippen LogP contribution >= 0.6 is 0 Å². The number of benzene rings is 1. The summed E-state index contributed by atoms with van der Waals surface area (Å²) in [7, 11) is 0. The quantitative estimate of drug-likeness (QED) is 0.827. The van der Waals surface area contributed by atoms with Crippen LogP contribution in [0.5, 0.6) is 0 Å². The molecule has 1 N–H and O–H groups in total. The van der Waals surface area contributed by atoms with Gasteiger partial charge >= 0.3 is 0 Å². The van der Waals surface area contributed by atoms with Crippen molar-refractivity contribution >= 4 is 5.91 Å². The molecule has 0 aromatic heterocycles. The van der Waals surface area contributed by atoms with Crippen molar-refractivity contribution in [3.63, 3.8) is 0 Å². The number of carbonyl (C=O) groups is 1. The van der Waals surface area contributed by atoms with E-state index in [-0.39, 0.29) is 11.8 Å². The van der Waals surface area contributed by atoms with Crippen molar-refractivity contribution in [1.82, 2.24) is 10.2 Å². The predicted molar refractivity (Wildman–Crippen MR) is 100 cm³/mol. The Balaban J connectivity index is 1.57. The Bertz CT molecular complexity index is 522. The number of carbonyl (C=O) groups excluding carboxylic acids is 1. The van der Waals surface area contributed by atoms with E-state index in [9.17, 15) is 4.79 Å². The van der Waals surface area contributed by atoms with Crippen LogP contribution in [0.25, 0.3) is 0 Å². The van der Waals surface area contributed by atoms with Crippen molar-refractivity contribution in [3.05, 3.63) is 35.9 Å². The monoisotopic (exact) mass is 344 g/mol. The smallest absolute Gasteiger partial charge is 0.223 e. The van der Waals surface area contributed by atoms with Crippen LogP contribution in [-0.4, -0.2) is 49.7 Å². The second kappa shape index (κ2) is 9.35. The van der Waals surface area contributed by atoms with E-state index < -0.39 is 0 Å². The Hall–Kier alpha value is -1.39. The zero-order valence-corrected chi connectivity index (χ0v) is 15.5. The van der Waals surface area contributed by atoms with E-state index in [1.807, 2.05) is 0 Å². The van der Waals surface area contributed by atoms with Crippen molar-refractivity contribution in [3.8, 4) is 0 Å². The molecule has 1 saturated heterocycles. The van der Waals surface area contributed by atoms with Crippen molar-refractivity contribution in [2.75, 3.05) is 32.8 Å². The van der Waals surface area contributed by atoms with Gasteiger partial charge in [0.05, 0.1) is 13.2 Å². The van der Waals surface area contributed by atoms with Crippen molar-refractivity contribution in [1.29, 1.82) is 0 Å². The summed E-state index contributed by atoms with van der Waals surface area (Å²) in [6.07, 6.45) is 5.97. The van der Waals surface area contributed by atoms with Gasteiger partial charge in [-0.1, -0.05) is 50.1 Å². The van der Waals surface area contributed by atoms with E-state index in [1.165, 1.54) is 31.2 Å². The van der Waals surface area contributed by atoms with Gasteiger partial charge in [-0.15, -0.1) is 0 Å². The lowest BCUT2D eigenvalue weighted by Crippen LogP contribution is -2.50. The number of nitrogens with zero attached hydrogens (tertiary/aromatic N) is 1. The normalized spacial score (nSPS) is 21.8. The first kappa shape index (κ1) is 18.4. The summed E-state index contributed by atoms with van der Waals surface area (Å²) >= 11 is 0. The third kappa shape index (κ3) is 5.29. The first-order valence-corrected chi connectivity index (χ1v) is 9.87. The third-order valence-electron chi connectivity index (χ3n) is 5.91. The molecule has 0 spiro atoms. The van der Waals surface area contributed by atoms with E-state index in [0.717, 1.165) is 39.3 Å². The van der Waals surface area contributed by atoms with Gasteiger partial charge in [-0.25, -0.2) is 0 Å². The molecule has 1 aliphatic heterocycles. The van der Waals surface area contributed by atoms with E-state index in [2.05, 4.69) is 47.5 Å². The molecule has 1 saturated carbocycles. The van der Waals surface area contributed by atoms with Gasteiger partial charge in [0, 0.05) is 31.6 Å². The molecule has 2 unspecified atom stereocenters. The number of amides is 1. The summed E-state index contributed by atoms with van der Waals surface area (Å²) < 4.78 is 5.50. The molecule has 138 valence electrons. The highest BCUT2D eigenvalue weighted by Gasteiger charge is 2.28. The Morgan fingerprint density at radius 1 is 1.20 bits per heavy atom. The van der Waals surface area contributed by atoms with Crippen LogP contribution < -0.4 is 5.32 Å². The van der Waals surface area contributed by atoms with Crippen LogP contribution in [0, 0.1) is 11.8 Å². The average Bonchev–Trinajstić information content (AvgIpc) is 3.20. The number of hydrogen-bond acceptors (Lipinski definition) is 3. The van der Waals surface area contributed by atoms with Crippen LogP contribution in [0.1, 0.15) is 38.2 Å². The Labute approximate surface area is 151 Å². The number of hydrogen-bond donors (Lipinski definition) is 1. The molecule has 1 amide bonds. The Kier molecular flexibility index (Phi) is 6.88. The van der Waals surface area contributed by atoms with Crippen molar-refractivity contribution in [2.24, 2.45) is 11.8 Å². The van der Waals surface area contributed by atoms with Gasteiger partial charge in [-0.3, -0.25) is 9.69 Å². The molecule has 1 heterocycles. The molecule has 2 fully saturated rings. The summed E-state index contributed by atoms with van der Waals surface area (Å²) in [5.74, 6) is 0.957. The minimum atomic E-state index is 0.143. The lowest BCUT2D eigenvalue weighted by atomic mass is 9.92. The number of rotatable bonds is 7. The first-order chi connectivity index (χ1) is 12.2. The van der Waals surface area contributed by atoms with Gasteiger partial charge in [-0.2, -0.15) is 0 Å². The fourth-order valence-corrected chi connectivity index (χ4v) is 4.21. The van der Waals surface area contributed by atoms with Crippen LogP contribution in [-0.2, 0) is 16.0 Å². The molecule has 4 nitrogen and oxygen atoms in total. The maximum Gasteiger partial charge on any atom is 0.223 e. The molecular formula is C21H32N2O2. The second-order valence-electron chi connectivity index (χ2n) is 7.57. The molecule has 1 aromatic rings. The van der Waals surface area contributed by atoms with Gasteiger partial charge in [0.1, 0.15) is 0 Å². The number of nitrogens with one attached hydrogen (secondary N) is 1. The highest BCUT2D eigenvalue weighted by Crippen LogP contribution is 2.31. The maximum absolute atomic E-state index is 12.6. The largest absolute Gasteiger partial charge is 0.379 e. The van der Waals surface area contributed by atoms with E-state index in [0.29, 0.717) is 12.0 Å². The zero-order chi connectivity index (χ0) is 17.5. The molecular weight excluding hydrogens is 312 g/mol. The predicted octanol–water partition coefficient (Wildman–Crippen LogP) is 2.87. The third-order valence-corrected chi connectivity index (χ3v) is 5.91.